The average Bonchev–Trinajstić information content (AvgIpc) is 3.20. The largest absolute Gasteiger partial charge is 0.299 e. The summed E-state index contributed by atoms with van der Waals surface area (Å²) in [6.07, 6.45) is 6.79. The van der Waals surface area contributed by atoms with E-state index < -0.39 is 0 Å². The van der Waals surface area contributed by atoms with Crippen molar-refractivity contribution in [3.63, 3.8) is 0 Å². The number of rotatable bonds is 1. The third-order valence-electron chi connectivity index (χ3n) is 4.23. The lowest BCUT2D eigenvalue weighted by Crippen LogP contribution is -2.08. The summed E-state index contributed by atoms with van der Waals surface area (Å²) < 4.78 is 2.25. The molecule has 0 atom stereocenters. The fourth-order valence-electron chi connectivity index (χ4n) is 3.18. The molecular formula is C19H17N3. The van der Waals surface area contributed by atoms with Gasteiger partial charge in [-0.05, 0) is 43.0 Å². The van der Waals surface area contributed by atoms with Crippen molar-refractivity contribution in [2.24, 2.45) is 0 Å². The van der Waals surface area contributed by atoms with Gasteiger partial charge in [0.05, 0.1) is 0 Å². The fraction of sp³-hybridized carbons (Fsp3) is 0.263. The maximum absolute atomic E-state index is 4.70. The number of imidazole rings is 1. The lowest BCUT2D eigenvalue weighted by Gasteiger charge is -2.13. The summed E-state index contributed by atoms with van der Waals surface area (Å²) in [5.74, 6) is 7.32. The van der Waals surface area contributed by atoms with E-state index in [1.807, 2.05) is 48.7 Å². The minimum Gasteiger partial charge on any atom is -0.299 e. The smallest absolute Gasteiger partial charge is 0.188 e. The van der Waals surface area contributed by atoms with Crippen LogP contribution in [0, 0.1) is 11.8 Å². The van der Waals surface area contributed by atoms with Gasteiger partial charge in [0.1, 0.15) is 5.52 Å². The predicted molar refractivity (Wildman–Crippen MR) is 87.5 cm³/mol. The highest BCUT2D eigenvalue weighted by Crippen LogP contribution is 2.32. The van der Waals surface area contributed by atoms with Crippen molar-refractivity contribution in [2.45, 2.75) is 31.7 Å². The first kappa shape index (κ1) is 13.1. The van der Waals surface area contributed by atoms with Crippen molar-refractivity contribution in [1.82, 2.24) is 14.5 Å². The minimum absolute atomic E-state index is 0.486. The van der Waals surface area contributed by atoms with Gasteiger partial charge < -0.3 is 0 Å². The van der Waals surface area contributed by atoms with Gasteiger partial charge in [-0.3, -0.25) is 4.57 Å². The van der Waals surface area contributed by atoms with E-state index in [4.69, 9.17) is 4.98 Å². The Bertz CT molecular complexity index is 847. The Balaban J connectivity index is 1.83. The van der Waals surface area contributed by atoms with Gasteiger partial charge in [0.15, 0.2) is 11.5 Å². The van der Waals surface area contributed by atoms with Crippen molar-refractivity contribution < 1.29 is 0 Å². The molecule has 0 amide bonds. The molecule has 0 aliphatic heterocycles. The molecule has 3 aromatic rings. The van der Waals surface area contributed by atoms with E-state index in [0.29, 0.717) is 6.04 Å². The molecule has 1 aliphatic rings. The summed E-state index contributed by atoms with van der Waals surface area (Å²) in [6, 6.07) is 14.5. The monoisotopic (exact) mass is 287 g/mol. The van der Waals surface area contributed by atoms with Crippen LogP contribution < -0.4 is 0 Å². The van der Waals surface area contributed by atoms with Crippen LogP contribution >= 0.6 is 0 Å². The summed E-state index contributed by atoms with van der Waals surface area (Å²) in [5, 5.41) is 0. The maximum Gasteiger partial charge on any atom is 0.188 e. The van der Waals surface area contributed by atoms with Crippen LogP contribution in [0.5, 0.6) is 0 Å². The third kappa shape index (κ3) is 2.37. The van der Waals surface area contributed by atoms with Gasteiger partial charge in [-0.25, -0.2) is 9.97 Å². The highest BCUT2D eigenvalue weighted by Gasteiger charge is 2.22. The molecule has 3 nitrogen and oxygen atoms in total. The van der Waals surface area contributed by atoms with Crippen LogP contribution in [0.15, 0.2) is 48.7 Å². The van der Waals surface area contributed by atoms with Gasteiger partial charge in [0.25, 0.3) is 0 Å². The van der Waals surface area contributed by atoms with E-state index in [9.17, 15) is 0 Å². The van der Waals surface area contributed by atoms with E-state index >= 15 is 0 Å². The highest BCUT2D eigenvalue weighted by molar-refractivity contribution is 5.72. The number of hydrogen-bond donors (Lipinski definition) is 0. The second kappa shape index (κ2) is 5.65. The number of fused-ring (bicyclic) bond motifs is 1. The van der Waals surface area contributed by atoms with Crippen molar-refractivity contribution in [1.29, 1.82) is 0 Å². The molecule has 0 spiro atoms. The lowest BCUT2D eigenvalue weighted by atomic mass is 10.2. The fourth-order valence-corrected chi connectivity index (χ4v) is 3.18. The van der Waals surface area contributed by atoms with Crippen LogP contribution in [0.25, 0.3) is 11.2 Å². The summed E-state index contributed by atoms with van der Waals surface area (Å²) in [6.45, 7) is 0. The Morgan fingerprint density at radius 3 is 2.59 bits per heavy atom. The van der Waals surface area contributed by atoms with Gasteiger partial charge in [-0.1, -0.05) is 37.0 Å². The van der Waals surface area contributed by atoms with E-state index in [-0.39, 0.29) is 0 Å². The van der Waals surface area contributed by atoms with E-state index in [1.54, 1.807) is 0 Å². The van der Waals surface area contributed by atoms with Crippen molar-refractivity contribution in [2.75, 3.05) is 0 Å². The predicted octanol–water partition coefficient (Wildman–Crippen LogP) is 3.95. The zero-order valence-corrected chi connectivity index (χ0v) is 12.4. The van der Waals surface area contributed by atoms with Crippen LogP contribution in [0.4, 0.5) is 0 Å². The minimum atomic E-state index is 0.486. The Morgan fingerprint density at radius 1 is 0.955 bits per heavy atom. The second-order valence-corrected chi connectivity index (χ2v) is 5.71. The topological polar surface area (TPSA) is 30.7 Å². The molecule has 1 fully saturated rings. The Labute approximate surface area is 130 Å². The lowest BCUT2D eigenvalue weighted by molar-refractivity contribution is 0.524. The van der Waals surface area contributed by atoms with Gasteiger partial charge in [-0.15, -0.1) is 0 Å². The van der Waals surface area contributed by atoms with Gasteiger partial charge in [-0.2, -0.15) is 0 Å². The molecule has 2 heterocycles. The van der Waals surface area contributed by atoms with Crippen molar-refractivity contribution in [3.05, 3.63) is 60.0 Å². The zero-order chi connectivity index (χ0) is 14.8. The SMILES string of the molecule is C(#Cc1nc2cccnc2n1C1CCCC1)c1ccccc1. The molecule has 1 aromatic carbocycles. The summed E-state index contributed by atoms with van der Waals surface area (Å²) in [5.41, 5.74) is 2.92. The molecule has 4 rings (SSSR count). The normalized spacial score (nSPS) is 14.9. The number of pyridine rings is 1. The van der Waals surface area contributed by atoms with Gasteiger partial charge in [0, 0.05) is 17.8 Å². The first-order valence-corrected chi connectivity index (χ1v) is 7.82. The summed E-state index contributed by atoms with van der Waals surface area (Å²) in [7, 11) is 0. The number of hydrogen-bond acceptors (Lipinski definition) is 2. The molecular weight excluding hydrogens is 270 g/mol. The summed E-state index contributed by atoms with van der Waals surface area (Å²) in [4.78, 5) is 9.23. The first-order chi connectivity index (χ1) is 10.9. The van der Waals surface area contributed by atoms with E-state index in [1.165, 1.54) is 25.7 Å². The van der Waals surface area contributed by atoms with Crippen LogP contribution in [0.3, 0.4) is 0 Å². The Morgan fingerprint density at radius 2 is 1.77 bits per heavy atom. The second-order valence-electron chi connectivity index (χ2n) is 5.71. The molecule has 3 heteroatoms. The van der Waals surface area contributed by atoms with Crippen LogP contribution in [-0.4, -0.2) is 14.5 Å². The molecule has 1 aliphatic carbocycles. The van der Waals surface area contributed by atoms with Crippen LogP contribution in [0.2, 0.25) is 0 Å². The first-order valence-electron chi connectivity index (χ1n) is 7.82. The molecule has 0 bridgehead atoms. The summed E-state index contributed by atoms with van der Waals surface area (Å²) >= 11 is 0. The van der Waals surface area contributed by atoms with Crippen LogP contribution in [0.1, 0.15) is 43.1 Å². The molecule has 0 saturated heterocycles. The highest BCUT2D eigenvalue weighted by atomic mass is 15.1. The Hall–Kier alpha value is -2.60. The molecule has 0 N–H and O–H groups in total. The zero-order valence-electron chi connectivity index (χ0n) is 12.4. The number of benzene rings is 1. The third-order valence-corrected chi connectivity index (χ3v) is 4.23. The Kier molecular flexibility index (Phi) is 3.36. The van der Waals surface area contributed by atoms with Crippen molar-refractivity contribution in [3.8, 4) is 11.8 Å². The standard InChI is InChI=1S/C19H17N3/c1-2-7-15(8-3-1)12-13-18-21-17-11-6-14-20-19(17)22(18)16-9-4-5-10-16/h1-3,6-8,11,14,16H,4-5,9-10H2. The maximum atomic E-state index is 4.70. The number of nitrogens with zero attached hydrogens (tertiary/aromatic N) is 3. The van der Waals surface area contributed by atoms with Gasteiger partial charge in [0.2, 0.25) is 0 Å². The number of aromatic nitrogens is 3. The van der Waals surface area contributed by atoms with Crippen molar-refractivity contribution >= 4 is 11.2 Å². The quantitative estimate of drug-likeness (QED) is 0.635. The molecule has 2 aromatic heterocycles. The average molecular weight is 287 g/mol. The molecule has 0 radical (unpaired) electrons. The molecule has 22 heavy (non-hydrogen) atoms. The molecule has 0 unspecified atom stereocenters. The van der Waals surface area contributed by atoms with E-state index in [0.717, 1.165) is 22.6 Å². The van der Waals surface area contributed by atoms with E-state index in [2.05, 4.69) is 21.4 Å². The molecule has 1 saturated carbocycles. The van der Waals surface area contributed by atoms with Gasteiger partial charge >= 0.3 is 0 Å². The van der Waals surface area contributed by atoms with Crippen LogP contribution in [-0.2, 0) is 0 Å². The molecule has 108 valence electrons.